The van der Waals surface area contributed by atoms with Crippen LogP contribution >= 0.6 is 0 Å². The van der Waals surface area contributed by atoms with Crippen LogP contribution in [0.5, 0.6) is 0 Å². The molecular formula is C23H28F3N5O4S. The number of nitrogens with zero attached hydrogens (tertiary/aromatic N) is 4. The van der Waals surface area contributed by atoms with Gasteiger partial charge in [-0.05, 0) is 25.3 Å². The van der Waals surface area contributed by atoms with E-state index in [-0.39, 0.29) is 36.6 Å². The number of alkyl halides is 3. The van der Waals surface area contributed by atoms with Crippen LogP contribution in [0.1, 0.15) is 36.7 Å². The number of piperidine rings is 1. The smallest absolute Gasteiger partial charge is 0.337 e. The largest absolute Gasteiger partial charge is 0.395 e. The molecule has 0 radical (unpaired) electrons. The molecule has 2 aliphatic heterocycles. The third-order valence-corrected chi connectivity index (χ3v) is 8.00. The number of sulfonamides is 1. The van der Waals surface area contributed by atoms with Crippen LogP contribution in [-0.2, 0) is 32.6 Å². The molecular weight excluding hydrogens is 499 g/mol. The van der Waals surface area contributed by atoms with E-state index in [4.69, 9.17) is 0 Å². The maximum Gasteiger partial charge on any atom is 0.395 e. The molecule has 0 spiro atoms. The minimum atomic E-state index is -4.47. The molecule has 1 aromatic heterocycles. The first-order valence-corrected chi connectivity index (χ1v) is 13.4. The molecule has 1 fully saturated rings. The van der Waals surface area contributed by atoms with Crippen LogP contribution in [0.15, 0.2) is 36.5 Å². The number of anilines is 1. The van der Waals surface area contributed by atoms with E-state index in [9.17, 15) is 31.2 Å². The summed E-state index contributed by atoms with van der Waals surface area (Å²) >= 11 is 0. The SMILES string of the molecule is C=CC(=O)N1CCCC(n2c(NC(=O)C3=CC=CC(C(F)(F)F)C3)nc3c2CCN(S(C)(=O)=O)C3)C1. The van der Waals surface area contributed by atoms with Crippen LogP contribution in [0.3, 0.4) is 0 Å². The molecule has 9 nitrogen and oxygen atoms in total. The van der Waals surface area contributed by atoms with Crippen molar-refractivity contribution in [2.75, 3.05) is 31.2 Å². The summed E-state index contributed by atoms with van der Waals surface area (Å²) < 4.78 is 66.9. The van der Waals surface area contributed by atoms with E-state index < -0.39 is 34.4 Å². The lowest BCUT2D eigenvalue weighted by molar-refractivity contribution is -0.161. The fourth-order valence-corrected chi connectivity index (χ4v) is 5.67. The zero-order valence-electron chi connectivity index (χ0n) is 19.8. The van der Waals surface area contributed by atoms with Gasteiger partial charge in [-0.3, -0.25) is 14.9 Å². The molecule has 1 saturated heterocycles. The van der Waals surface area contributed by atoms with E-state index in [1.807, 2.05) is 4.57 Å². The molecule has 196 valence electrons. The molecule has 3 aliphatic rings. The number of allylic oxidation sites excluding steroid dienone is 3. The number of aromatic nitrogens is 2. The third-order valence-electron chi connectivity index (χ3n) is 6.75. The Morgan fingerprint density at radius 1 is 1.28 bits per heavy atom. The number of hydrogen-bond acceptors (Lipinski definition) is 5. The number of nitrogens with one attached hydrogen (secondary N) is 1. The van der Waals surface area contributed by atoms with Crippen LogP contribution in [0.25, 0.3) is 0 Å². The van der Waals surface area contributed by atoms with Crippen LogP contribution in [0, 0.1) is 5.92 Å². The standard InChI is InChI=1S/C23H28F3N5O4S/c1-3-20(32)29-10-5-8-17(13-29)31-19-9-11-30(36(2,34)35)14-18(19)27-22(31)28-21(33)15-6-4-7-16(12-15)23(24,25)26/h3-4,6-7,16-17H,1,5,8-14H2,2H3,(H,27,28,33). The zero-order chi connectivity index (χ0) is 26.3. The van der Waals surface area contributed by atoms with Crippen molar-refractivity contribution < 1.29 is 31.2 Å². The second kappa shape index (κ2) is 9.85. The number of carbonyl (C=O) groups excluding carboxylic acids is 2. The highest BCUT2D eigenvalue weighted by molar-refractivity contribution is 7.88. The van der Waals surface area contributed by atoms with Crippen molar-refractivity contribution in [1.82, 2.24) is 18.8 Å². The molecule has 2 amide bonds. The average molecular weight is 528 g/mol. The van der Waals surface area contributed by atoms with Crippen LogP contribution in [0.4, 0.5) is 19.1 Å². The van der Waals surface area contributed by atoms with Gasteiger partial charge in [-0.25, -0.2) is 13.4 Å². The molecule has 1 N–H and O–H groups in total. The Labute approximate surface area is 207 Å². The summed E-state index contributed by atoms with van der Waals surface area (Å²) in [5, 5.41) is 2.67. The van der Waals surface area contributed by atoms with Crippen molar-refractivity contribution in [3.05, 3.63) is 47.8 Å². The van der Waals surface area contributed by atoms with Gasteiger partial charge in [-0.15, -0.1) is 0 Å². The number of hydrogen-bond donors (Lipinski definition) is 1. The van der Waals surface area contributed by atoms with Gasteiger partial charge in [0.15, 0.2) is 0 Å². The molecule has 0 saturated carbocycles. The van der Waals surface area contributed by atoms with Crippen LogP contribution < -0.4 is 5.32 Å². The predicted octanol–water partition coefficient (Wildman–Crippen LogP) is 2.55. The Hall–Kier alpha value is -2.93. The summed E-state index contributed by atoms with van der Waals surface area (Å²) in [4.78, 5) is 31.4. The monoisotopic (exact) mass is 527 g/mol. The Bertz CT molecular complexity index is 1230. The molecule has 1 aliphatic carbocycles. The van der Waals surface area contributed by atoms with E-state index in [0.717, 1.165) is 18.0 Å². The second-order valence-corrected chi connectivity index (χ2v) is 11.2. The average Bonchev–Trinajstić information content (AvgIpc) is 3.19. The number of amides is 2. The van der Waals surface area contributed by atoms with Crippen molar-refractivity contribution in [3.63, 3.8) is 0 Å². The number of likely N-dealkylation sites (tertiary alicyclic amines) is 1. The summed E-state index contributed by atoms with van der Waals surface area (Å²) in [5.74, 6) is -2.54. The van der Waals surface area contributed by atoms with Gasteiger partial charge in [0.05, 0.1) is 30.5 Å². The third kappa shape index (κ3) is 5.41. The van der Waals surface area contributed by atoms with Crippen LogP contribution in [-0.4, -0.2) is 71.1 Å². The summed E-state index contributed by atoms with van der Waals surface area (Å²) in [6.45, 7) is 4.69. The quantitative estimate of drug-likeness (QED) is 0.593. The predicted molar refractivity (Wildman–Crippen MR) is 126 cm³/mol. The maximum absolute atomic E-state index is 13.2. The Morgan fingerprint density at radius 3 is 2.69 bits per heavy atom. The molecule has 36 heavy (non-hydrogen) atoms. The first-order valence-electron chi connectivity index (χ1n) is 11.6. The van der Waals surface area contributed by atoms with Gasteiger partial charge in [0.2, 0.25) is 21.9 Å². The molecule has 2 atom stereocenters. The van der Waals surface area contributed by atoms with Crippen molar-refractivity contribution in [2.24, 2.45) is 5.92 Å². The van der Waals surface area contributed by atoms with E-state index in [2.05, 4.69) is 16.9 Å². The summed E-state index contributed by atoms with van der Waals surface area (Å²) in [6.07, 6.45) is 2.70. The highest BCUT2D eigenvalue weighted by Crippen LogP contribution is 2.36. The lowest BCUT2D eigenvalue weighted by Crippen LogP contribution is -2.41. The van der Waals surface area contributed by atoms with Crippen molar-refractivity contribution in [3.8, 4) is 0 Å². The topological polar surface area (TPSA) is 105 Å². The van der Waals surface area contributed by atoms with Gasteiger partial charge in [0.25, 0.3) is 5.91 Å². The summed E-state index contributed by atoms with van der Waals surface area (Å²) in [6, 6.07) is -0.248. The summed E-state index contributed by atoms with van der Waals surface area (Å²) in [7, 11) is -3.47. The summed E-state index contributed by atoms with van der Waals surface area (Å²) in [5.41, 5.74) is 1.19. The van der Waals surface area contributed by atoms with Crippen molar-refractivity contribution in [1.29, 1.82) is 0 Å². The fraction of sp³-hybridized carbons (Fsp3) is 0.522. The van der Waals surface area contributed by atoms with Gasteiger partial charge in [0.1, 0.15) is 0 Å². The van der Waals surface area contributed by atoms with Gasteiger partial charge < -0.3 is 9.47 Å². The molecule has 4 rings (SSSR count). The molecule has 0 aromatic carbocycles. The van der Waals surface area contributed by atoms with Crippen LogP contribution in [0.2, 0.25) is 0 Å². The van der Waals surface area contributed by atoms with Gasteiger partial charge in [-0.2, -0.15) is 17.5 Å². The number of imidazole rings is 1. The highest BCUT2D eigenvalue weighted by atomic mass is 32.2. The molecule has 1 aromatic rings. The van der Waals surface area contributed by atoms with Gasteiger partial charge in [0, 0.05) is 37.3 Å². The van der Waals surface area contributed by atoms with E-state index in [1.165, 1.54) is 22.5 Å². The van der Waals surface area contributed by atoms with Gasteiger partial charge in [-0.1, -0.05) is 24.8 Å². The number of carbonyl (C=O) groups is 2. The Balaban J connectivity index is 1.65. The molecule has 2 unspecified atom stereocenters. The van der Waals surface area contributed by atoms with Gasteiger partial charge >= 0.3 is 6.18 Å². The number of rotatable bonds is 5. The highest BCUT2D eigenvalue weighted by Gasteiger charge is 2.40. The lowest BCUT2D eigenvalue weighted by Gasteiger charge is -2.35. The zero-order valence-corrected chi connectivity index (χ0v) is 20.6. The first kappa shape index (κ1) is 26.1. The number of halogens is 3. The maximum atomic E-state index is 13.2. The molecule has 0 bridgehead atoms. The van der Waals surface area contributed by atoms with Crippen molar-refractivity contribution in [2.45, 2.75) is 44.4 Å². The minimum Gasteiger partial charge on any atom is -0.337 e. The Morgan fingerprint density at radius 2 is 2.03 bits per heavy atom. The molecule has 3 heterocycles. The second-order valence-electron chi connectivity index (χ2n) is 9.21. The van der Waals surface area contributed by atoms with E-state index in [1.54, 1.807) is 4.90 Å². The van der Waals surface area contributed by atoms with E-state index in [0.29, 0.717) is 38.0 Å². The first-order chi connectivity index (χ1) is 16.9. The van der Waals surface area contributed by atoms with Crippen molar-refractivity contribution >= 4 is 27.8 Å². The Kier molecular flexibility index (Phi) is 7.15. The molecule has 13 heteroatoms. The minimum absolute atomic E-state index is 0.0215. The number of fused-ring (bicyclic) bond motifs is 1. The van der Waals surface area contributed by atoms with E-state index >= 15 is 0 Å². The normalized spacial score (nSPS) is 23.1. The lowest BCUT2D eigenvalue weighted by atomic mass is 9.93. The fourth-order valence-electron chi connectivity index (χ4n) is 4.89.